The quantitative estimate of drug-likeness (QED) is 0.486. The van der Waals surface area contributed by atoms with Gasteiger partial charge in [0.05, 0.1) is 6.61 Å². The van der Waals surface area contributed by atoms with E-state index in [1.54, 1.807) is 32.9 Å². The van der Waals surface area contributed by atoms with Gasteiger partial charge in [-0.25, -0.2) is 9.59 Å². The molecule has 0 heterocycles. The van der Waals surface area contributed by atoms with Gasteiger partial charge in [-0.3, -0.25) is 0 Å². The Kier molecular flexibility index (Phi) is 10.2. The number of hydrogen-bond acceptors (Lipinski definition) is 6. The number of benzene rings is 2. The molecule has 0 bridgehead atoms. The Labute approximate surface area is 176 Å². The number of esters is 1. The Morgan fingerprint density at radius 1 is 0.967 bits per heavy atom. The van der Waals surface area contributed by atoms with Gasteiger partial charge in [0.15, 0.2) is 5.60 Å². The number of hydrogen-bond donors (Lipinski definition) is 4. The Hall–Kier alpha value is -3.26. The van der Waals surface area contributed by atoms with Crippen molar-refractivity contribution in [3.8, 4) is 11.5 Å². The molecule has 0 radical (unpaired) electrons. The molecule has 8 heteroatoms. The molecule has 0 aromatic heterocycles. The molecule has 2 aromatic carbocycles. The third kappa shape index (κ3) is 9.29. The van der Waals surface area contributed by atoms with E-state index in [1.165, 1.54) is 17.7 Å². The number of aromatic hydroxyl groups is 1. The Morgan fingerprint density at radius 2 is 1.50 bits per heavy atom. The number of nitrogens with one attached hydrogen (secondary N) is 2. The van der Waals surface area contributed by atoms with Crippen LogP contribution in [0.1, 0.15) is 31.9 Å². The fourth-order valence-corrected chi connectivity index (χ4v) is 2.31. The van der Waals surface area contributed by atoms with Gasteiger partial charge in [-0.05, 0) is 63.2 Å². The van der Waals surface area contributed by atoms with Crippen molar-refractivity contribution < 1.29 is 29.3 Å². The lowest BCUT2D eigenvalue weighted by atomic mass is 10.1. The summed E-state index contributed by atoms with van der Waals surface area (Å²) in [6.45, 7) is 6.60. The molecule has 4 N–H and O–H groups in total. The minimum absolute atomic E-state index is 0.175. The molecule has 164 valence electrons. The van der Waals surface area contributed by atoms with Gasteiger partial charge < -0.3 is 30.3 Å². The summed E-state index contributed by atoms with van der Waals surface area (Å²) < 4.78 is 10.6. The number of carbonyl (C=O) groups excluding carboxylic acids is 1. The van der Waals surface area contributed by atoms with Gasteiger partial charge in [0.25, 0.3) is 0 Å². The molecule has 2 aromatic rings. The van der Waals surface area contributed by atoms with Crippen LogP contribution in [0, 0.1) is 0 Å². The van der Waals surface area contributed by atoms with Crippen LogP contribution in [0.2, 0.25) is 0 Å². The van der Waals surface area contributed by atoms with Gasteiger partial charge in [-0.15, -0.1) is 0 Å². The number of amides is 1. The van der Waals surface area contributed by atoms with E-state index in [9.17, 15) is 9.59 Å². The second-order valence-electron chi connectivity index (χ2n) is 6.83. The summed E-state index contributed by atoms with van der Waals surface area (Å²) in [5.74, 6) is 0.478. The van der Waals surface area contributed by atoms with Crippen LogP contribution >= 0.6 is 0 Å². The minimum Gasteiger partial charge on any atom is -0.508 e. The molecule has 1 amide bonds. The molecule has 8 nitrogen and oxygen atoms in total. The van der Waals surface area contributed by atoms with Crippen molar-refractivity contribution in [2.24, 2.45) is 0 Å². The predicted octanol–water partition coefficient (Wildman–Crippen LogP) is 3.29. The first kappa shape index (κ1) is 24.8. The van der Waals surface area contributed by atoms with Crippen LogP contribution in [-0.4, -0.2) is 41.5 Å². The van der Waals surface area contributed by atoms with E-state index in [0.29, 0.717) is 12.4 Å². The third-order valence-corrected chi connectivity index (χ3v) is 3.82. The molecule has 0 saturated carbocycles. The second-order valence-corrected chi connectivity index (χ2v) is 6.83. The SMILES string of the molecule is CCOC(=O)C(C)(C)Oc1ccc(CNC)cc1.O=C(O)NCc1ccc(O)cc1. The predicted molar refractivity (Wildman–Crippen MR) is 114 cm³/mol. The largest absolute Gasteiger partial charge is 0.508 e. The number of ether oxygens (including phenoxy) is 2. The Balaban J connectivity index is 0.000000325. The van der Waals surface area contributed by atoms with Crippen molar-refractivity contribution in [3.05, 3.63) is 59.7 Å². The van der Waals surface area contributed by atoms with E-state index in [0.717, 1.165) is 12.1 Å². The van der Waals surface area contributed by atoms with Gasteiger partial charge in [-0.2, -0.15) is 0 Å². The van der Waals surface area contributed by atoms with E-state index in [-0.39, 0.29) is 18.3 Å². The third-order valence-electron chi connectivity index (χ3n) is 3.82. The summed E-state index contributed by atoms with van der Waals surface area (Å²) in [7, 11) is 1.90. The van der Waals surface area contributed by atoms with Crippen LogP contribution in [0.4, 0.5) is 4.79 Å². The van der Waals surface area contributed by atoms with E-state index in [2.05, 4.69) is 10.6 Å². The van der Waals surface area contributed by atoms with E-state index in [1.807, 2.05) is 31.3 Å². The van der Waals surface area contributed by atoms with Crippen molar-refractivity contribution in [2.45, 2.75) is 39.5 Å². The van der Waals surface area contributed by atoms with Crippen LogP contribution in [0.3, 0.4) is 0 Å². The molecule has 0 atom stereocenters. The summed E-state index contributed by atoms with van der Waals surface area (Å²) in [5.41, 5.74) is 1.01. The normalized spacial score (nSPS) is 10.4. The van der Waals surface area contributed by atoms with Crippen LogP contribution < -0.4 is 15.4 Å². The lowest BCUT2D eigenvalue weighted by molar-refractivity contribution is -0.158. The Bertz CT molecular complexity index is 788. The fraction of sp³-hybridized carbons (Fsp3) is 0.364. The van der Waals surface area contributed by atoms with Gasteiger partial charge in [0.1, 0.15) is 11.5 Å². The van der Waals surface area contributed by atoms with E-state index < -0.39 is 11.7 Å². The van der Waals surface area contributed by atoms with Gasteiger partial charge in [0, 0.05) is 13.1 Å². The molecule has 0 fully saturated rings. The van der Waals surface area contributed by atoms with Crippen molar-refractivity contribution in [1.29, 1.82) is 0 Å². The Morgan fingerprint density at radius 3 is 2.00 bits per heavy atom. The second kappa shape index (κ2) is 12.3. The summed E-state index contributed by atoms with van der Waals surface area (Å²) in [6, 6.07) is 14.0. The zero-order chi connectivity index (χ0) is 22.6. The van der Waals surface area contributed by atoms with Gasteiger partial charge in [-0.1, -0.05) is 24.3 Å². The van der Waals surface area contributed by atoms with Crippen molar-refractivity contribution in [2.75, 3.05) is 13.7 Å². The number of carbonyl (C=O) groups is 2. The van der Waals surface area contributed by atoms with Crippen molar-refractivity contribution in [1.82, 2.24) is 10.6 Å². The average molecular weight is 418 g/mol. The molecule has 0 spiro atoms. The summed E-state index contributed by atoms with van der Waals surface area (Å²) in [5, 5.41) is 22.5. The van der Waals surface area contributed by atoms with Gasteiger partial charge in [0.2, 0.25) is 0 Å². The van der Waals surface area contributed by atoms with E-state index in [4.69, 9.17) is 19.7 Å². The number of phenols is 1. The van der Waals surface area contributed by atoms with Crippen LogP contribution in [0.5, 0.6) is 11.5 Å². The molecule has 0 unspecified atom stereocenters. The summed E-state index contributed by atoms with van der Waals surface area (Å²) in [6.07, 6.45) is -1.05. The average Bonchev–Trinajstić information content (AvgIpc) is 2.70. The van der Waals surface area contributed by atoms with Crippen LogP contribution in [0.15, 0.2) is 48.5 Å². The molecule has 30 heavy (non-hydrogen) atoms. The molecule has 0 aliphatic rings. The highest BCUT2D eigenvalue weighted by atomic mass is 16.6. The fourth-order valence-electron chi connectivity index (χ4n) is 2.31. The highest BCUT2D eigenvalue weighted by Crippen LogP contribution is 2.20. The molecule has 0 saturated heterocycles. The molecule has 0 aliphatic carbocycles. The molecular formula is C22H30N2O6. The summed E-state index contributed by atoms with van der Waals surface area (Å²) in [4.78, 5) is 21.8. The van der Waals surface area contributed by atoms with Gasteiger partial charge >= 0.3 is 12.1 Å². The highest BCUT2D eigenvalue weighted by Gasteiger charge is 2.31. The highest BCUT2D eigenvalue weighted by molar-refractivity contribution is 5.79. The zero-order valence-electron chi connectivity index (χ0n) is 17.8. The molecular weight excluding hydrogens is 388 g/mol. The maximum absolute atomic E-state index is 11.7. The lowest BCUT2D eigenvalue weighted by Gasteiger charge is -2.24. The molecule has 0 aliphatic heterocycles. The first-order chi connectivity index (χ1) is 14.2. The first-order valence-corrected chi connectivity index (χ1v) is 9.52. The minimum atomic E-state index is -1.05. The van der Waals surface area contributed by atoms with E-state index >= 15 is 0 Å². The molecule has 2 rings (SSSR count). The monoisotopic (exact) mass is 418 g/mol. The number of phenolic OH excluding ortho intramolecular Hbond substituents is 1. The topological polar surface area (TPSA) is 117 Å². The standard InChI is InChI=1S/C14H21NO3.C8H9NO3/c1-5-17-13(16)14(2,3)18-12-8-6-11(7-9-12)10-15-4;10-7-3-1-6(2-4-7)5-9-8(11)12/h6-9,15H,5,10H2,1-4H3;1-4,9-10H,5H2,(H,11,12). The maximum atomic E-state index is 11.7. The number of carboxylic acid groups (broad SMARTS) is 1. The smallest absolute Gasteiger partial charge is 0.404 e. The summed E-state index contributed by atoms with van der Waals surface area (Å²) >= 11 is 0. The van der Waals surface area contributed by atoms with Crippen molar-refractivity contribution >= 4 is 12.1 Å². The first-order valence-electron chi connectivity index (χ1n) is 9.52. The van der Waals surface area contributed by atoms with Crippen molar-refractivity contribution in [3.63, 3.8) is 0 Å². The van der Waals surface area contributed by atoms with Crippen LogP contribution in [0.25, 0.3) is 0 Å². The zero-order valence-corrected chi connectivity index (χ0v) is 17.8. The maximum Gasteiger partial charge on any atom is 0.404 e. The van der Waals surface area contributed by atoms with Crippen LogP contribution in [-0.2, 0) is 22.6 Å². The number of rotatable bonds is 8. The lowest BCUT2D eigenvalue weighted by Crippen LogP contribution is -2.39.